The molecule has 0 aliphatic rings. The zero-order valence-electron chi connectivity index (χ0n) is 13.0. The number of benzene rings is 2. The number of amides is 1. The number of hydrogen-bond acceptors (Lipinski definition) is 2. The van der Waals surface area contributed by atoms with Gasteiger partial charge in [0.1, 0.15) is 0 Å². The summed E-state index contributed by atoms with van der Waals surface area (Å²) < 4.78 is 0. The molecule has 2 rings (SSSR count). The maximum Gasteiger partial charge on any atom is 0.256 e. The molecule has 3 N–H and O–H groups in total. The van der Waals surface area contributed by atoms with Gasteiger partial charge in [0.15, 0.2) is 0 Å². The fourth-order valence-electron chi connectivity index (χ4n) is 2.73. The molecule has 1 atom stereocenters. The Morgan fingerprint density at radius 1 is 1.10 bits per heavy atom. The van der Waals surface area contributed by atoms with Crippen LogP contribution in [0, 0.1) is 20.8 Å². The van der Waals surface area contributed by atoms with E-state index in [4.69, 9.17) is 5.73 Å². The minimum Gasteiger partial charge on any atom is -0.324 e. The third kappa shape index (κ3) is 3.31. The lowest BCUT2D eigenvalue weighted by Crippen LogP contribution is -2.18. The normalized spacial score (nSPS) is 12.0. The van der Waals surface area contributed by atoms with Crippen molar-refractivity contribution in [1.82, 2.24) is 0 Å². The van der Waals surface area contributed by atoms with Crippen molar-refractivity contribution in [2.24, 2.45) is 5.73 Å². The second-order valence-corrected chi connectivity index (χ2v) is 5.60. The molecule has 21 heavy (non-hydrogen) atoms. The minimum absolute atomic E-state index is 0.0851. The predicted octanol–water partition coefficient (Wildman–Crippen LogP) is 3.88. The van der Waals surface area contributed by atoms with Gasteiger partial charge in [0.05, 0.1) is 0 Å². The van der Waals surface area contributed by atoms with Gasteiger partial charge in [-0.2, -0.15) is 0 Å². The van der Waals surface area contributed by atoms with Gasteiger partial charge in [-0.25, -0.2) is 0 Å². The molecule has 0 bridgehead atoms. The molecule has 0 spiro atoms. The summed E-state index contributed by atoms with van der Waals surface area (Å²) in [4.78, 5) is 12.6. The second kappa shape index (κ2) is 6.10. The summed E-state index contributed by atoms with van der Waals surface area (Å²) in [6.07, 6.45) is 0. The van der Waals surface area contributed by atoms with E-state index >= 15 is 0 Å². The first-order valence-electron chi connectivity index (χ1n) is 7.14. The molecule has 2 aromatic rings. The van der Waals surface area contributed by atoms with Crippen LogP contribution in [0.5, 0.6) is 0 Å². The monoisotopic (exact) mass is 282 g/mol. The lowest BCUT2D eigenvalue weighted by molar-refractivity contribution is 0.102. The van der Waals surface area contributed by atoms with Gasteiger partial charge >= 0.3 is 0 Å². The van der Waals surface area contributed by atoms with Crippen LogP contribution in [0.1, 0.15) is 45.6 Å². The highest BCUT2D eigenvalue weighted by Gasteiger charge is 2.15. The Kier molecular flexibility index (Phi) is 4.43. The standard InChI is InChI=1S/C18H22N2O/c1-11-9-12(2)17(13(3)10-11)18(21)20-16-8-6-5-7-15(16)14(4)19/h5-10,14H,19H2,1-4H3,(H,20,21). The van der Waals surface area contributed by atoms with Crippen molar-refractivity contribution in [2.45, 2.75) is 33.7 Å². The molecular formula is C18H22N2O. The summed E-state index contributed by atoms with van der Waals surface area (Å²) in [6, 6.07) is 11.6. The Balaban J connectivity index is 2.36. The molecule has 0 fully saturated rings. The summed E-state index contributed by atoms with van der Waals surface area (Å²) >= 11 is 0. The number of rotatable bonds is 3. The number of nitrogens with one attached hydrogen (secondary N) is 1. The van der Waals surface area contributed by atoms with E-state index in [-0.39, 0.29) is 11.9 Å². The van der Waals surface area contributed by atoms with Crippen molar-refractivity contribution in [2.75, 3.05) is 5.32 Å². The molecule has 3 nitrogen and oxygen atoms in total. The van der Waals surface area contributed by atoms with Gasteiger partial charge < -0.3 is 11.1 Å². The van der Waals surface area contributed by atoms with Gasteiger partial charge in [0.25, 0.3) is 5.91 Å². The number of anilines is 1. The van der Waals surface area contributed by atoms with Gasteiger partial charge in [-0.3, -0.25) is 4.79 Å². The zero-order chi connectivity index (χ0) is 15.6. The van der Waals surface area contributed by atoms with Crippen LogP contribution in [0.3, 0.4) is 0 Å². The first-order chi connectivity index (χ1) is 9.90. The number of carbonyl (C=O) groups excluding carboxylic acids is 1. The summed E-state index contributed by atoms with van der Waals surface area (Å²) in [7, 11) is 0. The van der Waals surface area contributed by atoms with E-state index in [0.717, 1.165) is 33.5 Å². The molecule has 1 amide bonds. The number of hydrogen-bond donors (Lipinski definition) is 2. The van der Waals surface area contributed by atoms with Crippen molar-refractivity contribution in [3.05, 3.63) is 64.2 Å². The van der Waals surface area contributed by atoms with Gasteiger partial charge in [-0.05, 0) is 50.5 Å². The van der Waals surface area contributed by atoms with E-state index in [9.17, 15) is 4.79 Å². The Bertz CT molecular complexity index is 652. The molecule has 1 unspecified atom stereocenters. The first-order valence-corrected chi connectivity index (χ1v) is 7.14. The highest BCUT2D eigenvalue weighted by atomic mass is 16.1. The summed E-state index contributed by atoms with van der Waals surface area (Å²) in [6.45, 7) is 7.87. The van der Waals surface area contributed by atoms with E-state index < -0.39 is 0 Å². The van der Waals surface area contributed by atoms with Crippen molar-refractivity contribution in [3.63, 3.8) is 0 Å². The Labute approximate surface area is 126 Å². The number of para-hydroxylation sites is 1. The average molecular weight is 282 g/mol. The van der Waals surface area contributed by atoms with Crippen LogP contribution in [-0.4, -0.2) is 5.91 Å². The van der Waals surface area contributed by atoms with E-state index in [1.54, 1.807) is 0 Å². The topological polar surface area (TPSA) is 55.1 Å². The van der Waals surface area contributed by atoms with Gasteiger partial charge in [0, 0.05) is 17.3 Å². The quantitative estimate of drug-likeness (QED) is 0.897. The Morgan fingerprint density at radius 2 is 1.67 bits per heavy atom. The maximum atomic E-state index is 12.6. The Hall–Kier alpha value is -2.13. The maximum absolute atomic E-state index is 12.6. The largest absolute Gasteiger partial charge is 0.324 e. The zero-order valence-corrected chi connectivity index (χ0v) is 13.0. The fourth-order valence-corrected chi connectivity index (χ4v) is 2.73. The molecule has 110 valence electrons. The highest BCUT2D eigenvalue weighted by Crippen LogP contribution is 2.23. The lowest BCUT2D eigenvalue weighted by Gasteiger charge is -2.16. The van der Waals surface area contributed by atoms with Crippen molar-refractivity contribution >= 4 is 11.6 Å². The molecule has 2 aromatic carbocycles. The predicted molar refractivity (Wildman–Crippen MR) is 87.7 cm³/mol. The molecule has 0 aliphatic carbocycles. The minimum atomic E-state index is -0.123. The molecule has 0 heterocycles. The average Bonchev–Trinajstić information content (AvgIpc) is 2.37. The molecule has 0 saturated heterocycles. The lowest BCUT2D eigenvalue weighted by atomic mass is 9.98. The molecule has 3 heteroatoms. The van der Waals surface area contributed by atoms with Crippen molar-refractivity contribution in [3.8, 4) is 0 Å². The number of carbonyl (C=O) groups is 1. The van der Waals surface area contributed by atoms with Gasteiger partial charge in [-0.1, -0.05) is 35.9 Å². The first kappa shape index (κ1) is 15.3. The van der Waals surface area contributed by atoms with Crippen LogP contribution < -0.4 is 11.1 Å². The summed E-state index contributed by atoms with van der Waals surface area (Å²) in [5.41, 5.74) is 11.5. The summed E-state index contributed by atoms with van der Waals surface area (Å²) in [5, 5.41) is 2.99. The van der Waals surface area contributed by atoms with Gasteiger partial charge in [0.2, 0.25) is 0 Å². The van der Waals surface area contributed by atoms with Crippen LogP contribution >= 0.6 is 0 Å². The van der Waals surface area contributed by atoms with Crippen LogP contribution in [0.15, 0.2) is 36.4 Å². The van der Waals surface area contributed by atoms with E-state index in [0.29, 0.717) is 0 Å². The van der Waals surface area contributed by atoms with Gasteiger partial charge in [-0.15, -0.1) is 0 Å². The van der Waals surface area contributed by atoms with Crippen molar-refractivity contribution in [1.29, 1.82) is 0 Å². The van der Waals surface area contributed by atoms with E-state index in [2.05, 4.69) is 5.32 Å². The van der Waals surface area contributed by atoms with Crippen LogP contribution in [0.2, 0.25) is 0 Å². The smallest absolute Gasteiger partial charge is 0.256 e. The summed E-state index contributed by atoms with van der Waals surface area (Å²) in [5.74, 6) is -0.0851. The van der Waals surface area contributed by atoms with E-state index in [1.807, 2.05) is 64.1 Å². The molecular weight excluding hydrogens is 260 g/mol. The third-order valence-corrected chi connectivity index (χ3v) is 3.60. The van der Waals surface area contributed by atoms with Crippen LogP contribution in [0.4, 0.5) is 5.69 Å². The Morgan fingerprint density at radius 3 is 2.24 bits per heavy atom. The SMILES string of the molecule is Cc1cc(C)c(C(=O)Nc2ccccc2C(C)N)c(C)c1. The number of aryl methyl sites for hydroxylation is 3. The van der Waals surface area contributed by atoms with Crippen LogP contribution in [0.25, 0.3) is 0 Å². The van der Waals surface area contributed by atoms with Crippen molar-refractivity contribution < 1.29 is 4.79 Å². The third-order valence-electron chi connectivity index (χ3n) is 3.60. The molecule has 0 saturated carbocycles. The molecule has 0 aromatic heterocycles. The fraction of sp³-hybridized carbons (Fsp3) is 0.278. The van der Waals surface area contributed by atoms with Crippen LogP contribution in [-0.2, 0) is 0 Å². The number of nitrogens with two attached hydrogens (primary N) is 1. The molecule has 0 aliphatic heterocycles. The highest BCUT2D eigenvalue weighted by molar-refractivity contribution is 6.06. The molecule has 0 radical (unpaired) electrons. The second-order valence-electron chi connectivity index (χ2n) is 5.60. The van der Waals surface area contributed by atoms with E-state index in [1.165, 1.54) is 0 Å².